The molecular weight excluding hydrogens is 246 g/mol. The molecule has 0 N–H and O–H groups in total. The Balaban J connectivity index is 2.32. The molecule has 0 spiro atoms. The molecule has 0 saturated carbocycles. The van der Waals surface area contributed by atoms with Gasteiger partial charge in [0.1, 0.15) is 0 Å². The second kappa shape index (κ2) is 4.75. The summed E-state index contributed by atoms with van der Waals surface area (Å²) in [5, 5.41) is 10.8. The Kier molecular flexibility index (Phi) is 3.15. The summed E-state index contributed by atoms with van der Waals surface area (Å²) < 4.78 is 5.24. The minimum absolute atomic E-state index is 0.0786. The molecule has 7 heteroatoms. The summed E-state index contributed by atoms with van der Waals surface area (Å²) in [6.07, 6.45) is 2.99. The van der Waals surface area contributed by atoms with Crippen LogP contribution in [0.3, 0.4) is 0 Å². The molecule has 0 aliphatic rings. The predicted molar refractivity (Wildman–Crippen MR) is 60.2 cm³/mol. The fraction of sp³-hybridized carbons (Fsp3) is 0. The summed E-state index contributed by atoms with van der Waals surface area (Å²) in [7, 11) is 0. The number of aromatic nitrogens is 2. The monoisotopic (exact) mass is 251 g/mol. The zero-order chi connectivity index (χ0) is 12.3. The standard InChI is InChI=1S/C10H6ClN3O3/c11-8-3-2-7(14(15)16)6-9(8)17-10-12-4-1-5-13-10/h1-6H. The van der Waals surface area contributed by atoms with E-state index >= 15 is 0 Å². The maximum Gasteiger partial charge on any atom is 0.321 e. The van der Waals surface area contributed by atoms with E-state index < -0.39 is 4.92 Å². The first-order valence-corrected chi connectivity index (χ1v) is 4.93. The van der Waals surface area contributed by atoms with Gasteiger partial charge in [-0.2, -0.15) is 0 Å². The highest BCUT2D eigenvalue weighted by molar-refractivity contribution is 6.32. The molecule has 0 atom stereocenters. The van der Waals surface area contributed by atoms with Gasteiger partial charge in [-0.15, -0.1) is 0 Å². The molecule has 0 bridgehead atoms. The predicted octanol–water partition coefficient (Wildman–Crippen LogP) is 2.83. The van der Waals surface area contributed by atoms with Crippen molar-refractivity contribution in [1.82, 2.24) is 9.97 Å². The van der Waals surface area contributed by atoms with E-state index in [9.17, 15) is 10.1 Å². The van der Waals surface area contributed by atoms with Crippen molar-refractivity contribution >= 4 is 17.3 Å². The summed E-state index contributed by atoms with van der Waals surface area (Å²) in [6.45, 7) is 0. The lowest BCUT2D eigenvalue weighted by Crippen LogP contribution is -1.93. The van der Waals surface area contributed by atoms with Crippen LogP contribution in [0, 0.1) is 10.1 Å². The van der Waals surface area contributed by atoms with E-state index in [0.29, 0.717) is 0 Å². The summed E-state index contributed by atoms with van der Waals surface area (Å²) >= 11 is 5.85. The molecule has 1 aromatic heterocycles. The highest BCUT2D eigenvalue weighted by Crippen LogP contribution is 2.31. The lowest BCUT2D eigenvalue weighted by Gasteiger charge is -2.04. The number of nitro benzene ring substituents is 1. The van der Waals surface area contributed by atoms with Crippen molar-refractivity contribution < 1.29 is 9.66 Å². The molecule has 0 aliphatic heterocycles. The van der Waals surface area contributed by atoms with Gasteiger partial charge in [0.2, 0.25) is 0 Å². The van der Waals surface area contributed by atoms with Gasteiger partial charge in [-0.1, -0.05) is 11.6 Å². The van der Waals surface area contributed by atoms with Crippen LogP contribution in [-0.4, -0.2) is 14.9 Å². The fourth-order valence-electron chi connectivity index (χ4n) is 1.12. The maximum atomic E-state index is 10.6. The van der Waals surface area contributed by atoms with Crippen LogP contribution in [0.2, 0.25) is 5.02 Å². The molecule has 0 saturated heterocycles. The average Bonchev–Trinajstić information content (AvgIpc) is 2.33. The van der Waals surface area contributed by atoms with Crippen LogP contribution in [0.4, 0.5) is 5.69 Å². The molecule has 86 valence electrons. The van der Waals surface area contributed by atoms with Crippen molar-refractivity contribution in [1.29, 1.82) is 0 Å². The van der Waals surface area contributed by atoms with Crippen molar-refractivity contribution in [2.75, 3.05) is 0 Å². The zero-order valence-electron chi connectivity index (χ0n) is 8.41. The number of rotatable bonds is 3. The van der Waals surface area contributed by atoms with Gasteiger partial charge in [0.25, 0.3) is 5.69 Å². The molecule has 2 aromatic rings. The number of hydrogen-bond donors (Lipinski definition) is 0. The van der Waals surface area contributed by atoms with E-state index in [0.717, 1.165) is 0 Å². The summed E-state index contributed by atoms with van der Waals surface area (Å²) in [4.78, 5) is 17.7. The lowest BCUT2D eigenvalue weighted by atomic mass is 10.3. The molecule has 0 radical (unpaired) electrons. The number of benzene rings is 1. The van der Waals surface area contributed by atoms with Crippen molar-refractivity contribution in [2.24, 2.45) is 0 Å². The van der Waals surface area contributed by atoms with Crippen LogP contribution in [-0.2, 0) is 0 Å². The van der Waals surface area contributed by atoms with E-state index in [1.165, 1.54) is 30.6 Å². The van der Waals surface area contributed by atoms with E-state index in [-0.39, 0.29) is 22.5 Å². The Morgan fingerprint density at radius 3 is 2.65 bits per heavy atom. The lowest BCUT2D eigenvalue weighted by molar-refractivity contribution is -0.384. The first kappa shape index (κ1) is 11.3. The van der Waals surface area contributed by atoms with Crippen LogP contribution < -0.4 is 4.74 Å². The van der Waals surface area contributed by atoms with E-state index in [4.69, 9.17) is 16.3 Å². The maximum absolute atomic E-state index is 10.6. The molecule has 17 heavy (non-hydrogen) atoms. The highest BCUT2D eigenvalue weighted by atomic mass is 35.5. The first-order chi connectivity index (χ1) is 8.16. The molecule has 0 fully saturated rings. The van der Waals surface area contributed by atoms with Crippen molar-refractivity contribution in [3.05, 3.63) is 51.8 Å². The van der Waals surface area contributed by atoms with E-state index in [1.807, 2.05) is 0 Å². The van der Waals surface area contributed by atoms with E-state index in [1.54, 1.807) is 6.07 Å². The number of nitro groups is 1. The minimum Gasteiger partial charge on any atom is -0.422 e. The van der Waals surface area contributed by atoms with Crippen LogP contribution in [0.25, 0.3) is 0 Å². The van der Waals surface area contributed by atoms with Gasteiger partial charge >= 0.3 is 6.01 Å². The number of nitrogens with zero attached hydrogens (tertiary/aromatic N) is 3. The van der Waals surface area contributed by atoms with E-state index in [2.05, 4.69) is 9.97 Å². The second-order valence-electron chi connectivity index (χ2n) is 3.01. The third-order valence-electron chi connectivity index (χ3n) is 1.87. The number of ether oxygens (including phenoxy) is 1. The van der Waals surface area contributed by atoms with Gasteiger partial charge in [-0.3, -0.25) is 10.1 Å². The molecule has 1 heterocycles. The minimum atomic E-state index is -0.533. The summed E-state index contributed by atoms with van der Waals surface area (Å²) in [5.41, 5.74) is -0.111. The largest absolute Gasteiger partial charge is 0.422 e. The number of non-ortho nitro benzene ring substituents is 1. The Morgan fingerprint density at radius 1 is 1.29 bits per heavy atom. The molecule has 1 aromatic carbocycles. The molecule has 0 amide bonds. The summed E-state index contributed by atoms with van der Waals surface area (Å²) in [6, 6.07) is 5.61. The van der Waals surface area contributed by atoms with Crippen molar-refractivity contribution in [3.8, 4) is 11.8 Å². The smallest absolute Gasteiger partial charge is 0.321 e. The Morgan fingerprint density at radius 2 is 2.00 bits per heavy atom. The van der Waals surface area contributed by atoms with Crippen LogP contribution in [0.1, 0.15) is 0 Å². The molecule has 0 aliphatic carbocycles. The van der Waals surface area contributed by atoms with Gasteiger partial charge in [0.15, 0.2) is 5.75 Å². The van der Waals surface area contributed by atoms with Gasteiger partial charge in [-0.25, -0.2) is 9.97 Å². The van der Waals surface area contributed by atoms with Gasteiger partial charge in [-0.05, 0) is 12.1 Å². The molecule has 2 rings (SSSR count). The van der Waals surface area contributed by atoms with Crippen molar-refractivity contribution in [3.63, 3.8) is 0 Å². The average molecular weight is 252 g/mol. The highest BCUT2D eigenvalue weighted by Gasteiger charge is 2.12. The van der Waals surface area contributed by atoms with Crippen LogP contribution >= 0.6 is 11.6 Å². The Bertz CT molecular complexity index is 548. The SMILES string of the molecule is O=[N+]([O-])c1ccc(Cl)c(Oc2ncccn2)c1. The van der Waals surface area contributed by atoms with Crippen LogP contribution in [0.15, 0.2) is 36.7 Å². The Hall–Kier alpha value is -2.21. The topological polar surface area (TPSA) is 78.2 Å². The first-order valence-electron chi connectivity index (χ1n) is 4.55. The normalized spacial score (nSPS) is 9.94. The third kappa shape index (κ3) is 2.67. The quantitative estimate of drug-likeness (QED) is 0.619. The molecule has 0 unspecified atom stereocenters. The third-order valence-corrected chi connectivity index (χ3v) is 2.18. The summed E-state index contributed by atoms with van der Waals surface area (Å²) in [5.74, 6) is 0.145. The van der Waals surface area contributed by atoms with Gasteiger partial charge in [0.05, 0.1) is 16.0 Å². The molecular formula is C10H6ClN3O3. The Labute approximate surface area is 101 Å². The molecule has 6 nitrogen and oxygen atoms in total. The number of halogens is 1. The van der Waals surface area contributed by atoms with Gasteiger partial charge < -0.3 is 4.74 Å². The second-order valence-corrected chi connectivity index (χ2v) is 3.41. The van der Waals surface area contributed by atoms with Crippen LogP contribution in [0.5, 0.6) is 11.8 Å². The number of hydrogen-bond acceptors (Lipinski definition) is 5. The van der Waals surface area contributed by atoms with Crippen molar-refractivity contribution in [2.45, 2.75) is 0 Å². The fourth-order valence-corrected chi connectivity index (χ4v) is 1.28. The van der Waals surface area contributed by atoms with Gasteiger partial charge in [0, 0.05) is 18.5 Å². The zero-order valence-corrected chi connectivity index (χ0v) is 9.16.